The molecule has 0 saturated heterocycles. The number of amides is 1. The van der Waals surface area contributed by atoms with Crippen LogP contribution >= 0.6 is 0 Å². The topological polar surface area (TPSA) is 64.3 Å². The van der Waals surface area contributed by atoms with Crippen molar-refractivity contribution in [3.8, 4) is 0 Å². The summed E-state index contributed by atoms with van der Waals surface area (Å²) in [5.74, 6) is -0.0926. The van der Waals surface area contributed by atoms with Crippen molar-refractivity contribution < 1.29 is 9.53 Å². The first-order valence-electron chi connectivity index (χ1n) is 6.48. The van der Waals surface area contributed by atoms with Gasteiger partial charge in [0.25, 0.3) is 0 Å². The minimum absolute atomic E-state index is 0.0171. The van der Waals surface area contributed by atoms with E-state index in [-0.39, 0.29) is 35.4 Å². The predicted molar refractivity (Wildman–Crippen MR) is 68.6 cm³/mol. The van der Waals surface area contributed by atoms with Gasteiger partial charge in [0.2, 0.25) is 5.91 Å². The first-order chi connectivity index (χ1) is 7.80. The molecule has 0 radical (unpaired) electrons. The summed E-state index contributed by atoms with van der Waals surface area (Å²) in [5, 5.41) is 3.08. The zero-order chi connectivity index (χ0) is 13.2. The molecule has 0 aromatic carbocycles. The molecule has 1 aliphatic rings. The van der Waals surface area contributed by atoms with Crippen LogP contribution in [0.1, 0.15) is 41.0 Å². The van der Waals surface area contributed by atoms with Gasteiger partial charge in [-0.25, -0.2) is 0 Å². The van der Waals surface area contributed by atoms with Crippen molar-refractivity contribution in [1.82, 2.24) is 5.32 Å². The fourth-order valence-electron chi connectivity index (χ4n) is 2.16. The third-order valence-corrected chi connectivity index (χ3v) is 4.06. The Hall–Kier alpha value is -0.610. The number of nitrogens with one attached hydrogen (secondary N) is 1. The van der Waals surface area contributed by atoms with Crippen molar-refractivity contribution in [2.24, 2.45) is 17.1 Å². The van der Waals surface area contributed by atoms with Crippen molar-refractivity contribution in [3.63, 3.8) is 0 Å². The molecular formula is C13H26N2O2. The largest absolute Gasteiger partial charge is 0.378 e. The van der Waals surface area contributed by atoms with E-state index in [0.717, 1.165) is 13.0 Å². The smallest absolute Gasteiger partial charge is 0.224 e. The van der Waals surface area contributed by atoms with Crippen molar-refractivity contribution in [2.45, 2.75) is 59.2 Å². The number of carbonyl (C=O) groups is 1. The molecule has 4 heteroatoms. The van der Waals surface area contributed by atoms with E-state index in [1.54, 1.807) is 0 Å². The van der Waals surface area contributed by atoms with E-state index in [9.17, 15) is 4.79 Å². The van der Waals surface area contributed by atoms with E-state index in [1.807, 2.05) is 20.8 Å². The van der Waals surface area contributed by atoms with E-state index in [0.29, 0.717) is 0 Å². The minimum atomic E-state index is -0.142. The predicted octanol–water partition coefficient (Wildman–Crippen LogP) is 1.29. The fourth-order valence-corrected chi connectivity index (χ4v) is 2.16. The molecule has 0 aliphatic heterocycles. The quantitative estimate of drug-likeness (QED) is 0.763. The molecule has 100 valence electrons. The maximum absolute atomic E-state index is 11.9. The van der Waals surface area contributed by atoms with Gasteiger partial charge in [-0.15, -0.1) is 0 Å². The summed E-state index contributed by atoms with van der Waals surface area (Å²) in [7, 11) is 0. The molecule has 0 bridgehead atoms. The molecule has 1 rings (SSSR count). The van der Waals surface area contributed by atoms with Gasteiger partial charge in [0.05, 0.1) is 6.10 Å². The third-order valence-electron chi connectivity index (χ3n) is 4.06. The summed E-state index contributed by atoms with van der Waals surface area (Å²) in [6, 6.07) is 0.0913. The monoisotopic (exact) mass is 242 g/mol. The Labute approximate surface area is 104 Å². The molecule has 1 amide bonds. The highest BCUT2D eigenvalue weighted by molar-refractivity contribution is 5.79. The van der Waals surface area contributed by atoms with Crippen molar-refractivity contribution in [1.29, 1.82) is 0 Å². The van der Waals surface area contributed by atoms with Gasteiger partial charge >= 0.3 is 0 Å². The lowest BCUT2D eigenvalue weighted by Gasteiger charge is -2.51. The summed E-state index contributed by atoms with van der Waals surface area (Å²) < 4.78 is 5.64. The summed E-state index contributed by atoms with van der Waals surface area (Å²) in [4.78, 5) is 11.9. The van der Waals surface area contributed by atoms with E-state index >= 15 is 0 Å². The van der Waals surface area contributed by atoms with Crippen LogP contribution in [0.2, 0.25) is 0 Å². The molecule has 3 N–H and O–H groups in total. The first kappa shape index (κ1) is 14.5. The van der Waals surface area contributed by atoms with Crippen molar-refractivity contribution >= 4 is 5.91 Å². The second-order valence-electron chi connectivity index (χ2n) is 5.71. The molecule has 0 aromatic rings. The van der Waals surface area contributed by atoms with Crippen LogP contribution in [0.15, 0.2) is 0 Å². The third kappa shape index (κ3) is 2.99. The zero-order valence-corrected chi connectivity index (χ0v) is 11.6. The number of rotatable bonds is 5. The van der Waals surface area contributed by atoms with Gasteiger partial charge in [0.1, 0.15) is 0 Å². The molecule has 1 aliphatic carbocycles. The summed E-state index contributed by atoms with van der Waals surface area (Å²) >= 11 is 0. The molecule has 1 saturated carbocycles. The number of nitrogens with two attached hydrogens (primary N) is 1. The summed E-state index contributed by atoms with van der Waals surface area (Å²) in [6.07, 6.45) is 1.15. The zero-order valence-electron chi connectivity index (χ0n) is 11.6. The molecular weight excluding hydrogens is 216 g/mol. The highest BCUT2D eigenvalue weighted by Crippen LogP contribution is 2.42. The second-order valence-corrected chi connectivity index (χ2v) is 5.71. The maximum atomic E-state index is 11.9. The Balaban J connectivity index is 2.47. The molecule has 0 spiro atoms. The molecule has 17 heavy (non-hydrogen) atoms. The van der Waals surface area contributed by atoms with E-state index in [4.69, 9.17) is 10.5 Å². The van der Waals surface area contributed by atoms with Gasteiger partial charge in [-0.05, 0) is 20.3 Å². The van der Waals surface area contributed by atoms with E-state index < -0.39 is 0 Å². The van der Waals surface area contributed by atoms with Crippen LogP contribution in [0.5, 0.6) is 0 Å². The lowest BCUT2D eigenvalue weighted by Crippen LogP contribution is -2.63. The van der Waals surface area contributed by atoms with Gasteiger partial charge in [-0.3, -0.25) is 4.79 Å². The van der Waals surface area contributed by atoms with E-state index in [1.165, 1.54) is 0 Å². The summed E-state index contributed by atoms with van der Waals surface area (Å²) in [6.45, 7) is 10.7. The molecule has 0 heterocycles. The number of hydrogen-bond donors (Lipinski definition) is 2. The lowest BCUT2D eigenvalue weighted by atomic mass is 9.64. The number of ether oxygens (including phenoxy) is 1. The molecule has 4 unspecified atom stereocenters. The maximum Gasteiger partial charge on any atom is 0.224 e. The van der Waals surface area contributed by atoms with Crippen molar-refractivity contribution in [2.75, 3.05) is 6.61 Å². The van der Waals surface area contributed by atoms with Crippen LogP contribution in [0.25, 0.3) is 0 Å². The van der Waals surface area contributed by atoms with Gasteiger partial charge in [0.15, 0.2) is 0 Å². The van der Waals surface area contributed by atoms with Crippen LogP contribution in [0.3, 0.4) is 0 Å². The van der Waals surface area contributed by atoms with Crippen molar-refractivity contribution in [3.05, 3.63) is 0 Å². The highest BCUT2D eigenvalue weighted by atomic mass is 16.5. The molecule has 4 atom stereocenters. The molecule has 0 aromatic heterocycles. The SMILES string of the molecule is CCOC1CC(NC(=O)C(C)C(C)N)C1(C)C. The van der Waals surface area contributed by atoms with E-state index in [2.05, 4.69) is 19.2 Å². The Morgan fingerprint density at radius 3 is 2.53 bits per heavy atom. The average Bonchev–Trinajstić information content (AvgIpc) is 2.26. The first-order valence-corrected chi connectivity index (χ1v) is 6.48. The van der Waals surface area contributed by atoms with Crippen LogP contribution < -0.4 is 11.1 Å². The number of carbonyl (C=O) groups excluding carboxylic acids is 1. The highest BCUT2D eigenvalue weighted by Gasteiger charge is 2.49. The normalized spacial score (nSPS) is 30.2. The minimum Gasteiger partial charge on any atom is -0.378 e. The van der Waals surface area contributed by atoms with Gasteiger partial charge in [0, 0.05) is 30.0 Å². The average molecular weight is 242 g/mol. The lowest BCUT2D eigenvalue weighted by molar-refractivity contribution is -0.139. The molecule has 4 nitrogen and oxygen atoms in total. The Kier molecular flexibility index (Phi) is 4.55. The van der Waals surface area contributed by atoms with Crippen LogP contribution in [0.4, 0.5) is 0 Å². The van der Waals surface area contributed by atoms with Gasteiger partial charge in [-0.2, -0.15) is 0 Å². The van der Waals surface area contributed by atoms with Crippen LogP contribution in [-0.4, -0.2) is 30.7 Å². The summed E-state index contributed by atoms with van der Waals surface area (Å²) in [5.41, 5.74) is 5.75. The van der Waals surface area contributed by atoms with Crippen LogP contribution in [0, 0.1) is 11.3 Å². The second kappa shape index (κ2) is 5.36. The standard InChI is InChI=1S/C13H26N2O2/c1-6-17-11-7-10(13(11,4)5)15-12(16)8(2)9(3)14/h8-11H,6-7,14H2,1-5H3,(H,15,16). The Bertz CT molecular complexity index is 277. The Morgan fingerprint density at radius 2 is 2.12 bits per heavy atom. The van der Waals surface area contributed by atoms with Crippen LogP contribution in [-0.2, 0) is 9.53 Å². The van der Waals surface area contributed by atoms with Gasteiger partial charge in [-0.1, -0.05) is 20.8 Å². The molecule has 1 fully saturated rings. The number of hydrogen-bond acceptors (Lipinski definition) is 3. The van der Waals surface area contributed by atoms with Gasteiger partial charge < -0.3 is 15.8 Å². The fraction of sp³-hybridized carbons (Fsp3) is 0.923. The Morgan fingerprint density at radius 1 is 1.53 bits per heavy atom.